The number of aryl methyl sites for hydroxylation is 2. The van der Waals surface area contributed by atoms with Crippen LogP contribution in [0.25, 0.3) is 0 Å². The van der Waals surface area contributed by atoms with E-state index in [2.05, 4.69) is 0 Å². The molecule has 2 aromatic carbocycles. The minimum absolute atomic E-state index is 0.0130. The first-order chi connectivity index (χ1) is 9.47. The molecule has 0 unspecified atom stereocenters. The first-order valence-electron chi connectivity index (χ1n) is 6.14. The number of hydrogen-bond acceptors (Lipinski definition) is 1. The normalized spacial score (nSPS) is 9.90. The predicted octanol–water partition coefficient (Wildman–Crippen LogP) is 5.53. The van der Waals surface area contributed by atoms with Gasteiger partial charge in [0, 0.05) is 15.9 Å². The van der Waals surface area contributed by atoms with Crippen molar-refractivity contribution in [3.63, 3.8) is 0 Å². The van der Waals surface area contributed by atoms with Crippen LogP contribution in [0.5, 0.6) is 0 Å². The highest BCUT2D eigenvalue weighted by molar-refractivity contribution is 6.32. The van der Waals surface area contributed by atoms with Gasteiger partial charge in [0.05, 0.1) is 6.61 Å². The van der Waals surface area contributed by atoms with E-state index in [1.807, 2.05) is 50.2 Å². The predicted molar refractivity (Wildman–Crippen MR) is 87.9 cm³/mol. The van der Waals surface area contributed by atoms with E-state index in [1.54, 1.807) is 0 Å². The second-order valence-corrected chi connectivity index (χ2v) is 5.56. The maximum absolute atomic E-state index is 8.72. The van der Waals surface area contributed by atoms with Crippen LogP contribution in [0.1, 0.15) is 22.3 Å². The lowest BCUT2D eigenvalue weighted by Gasteiger charge is -1.99. The van der Waals surface area contributed by atoms with Crippen molar-refractivity contribution in [3.8, 4) is 0 Å². The summed E-state index contributed by atoms with van der Waals surface area (Å²) < 4.78 is 0. The molecule has 20 heavy (non-hydrogen) atoms. The van der Waals surface area contributed by atoms with Gasteiger partial charge >= 0.3 is 0 Å². The fourth-order valence-electron chi connectivity index (χ4n) is 1.54. The molecule has 0 saturated carbocycles. The van der Waals surface area contributed by atoms with Crippen molar-refractivity contribution in [3.05, 3.63) is 68.7 Å². The molecule has 0 aliphatic rings. The summed E-state index contributed by atoms with van der Waals surface area (Å²) in [4.78, 5) is 0. The van der Waals surface area contributed by atoms with Gasteiger partial charge in [-0.05, 0) is 48.2 Å². The molecule has 0 spiro atoms. The molecule has 1 nitrogen and oxygen atoms in total. The number of halogens is 3. The Kier molecular flexibility index (Phi) is 7.39. The average molecular weight is 332 g/mol. The molecule has 0 radical (unpaired) electrons. The number of aliphatic hydroxyl groups excluding tert-OH is 1. The van der Waals surface area contributed by atoms with Gasteiger partial charge < -0.3 is 5.11 Å². The first-order valence-corrected chi connectivity index (χ1v) is 7.44. The summed E-state index contributed by atoms with van der Waals surface area (Å²) in [6, 6.07) is 11.5. The summed E-state index contributed by atoms with van der Waals surface area (Å²) in [7, 11) is 0. The van der Waals surface area contributed by atoms with Gasteiger partial charge in [-0.15, -0.1) is 11.6 Å². The highest BCUT2D eigenvalue weighted by Gasteiger charge is 1.97. The van der Waals surface area contributed by atoms with Crippen molar-refractivity contribution in [2.24, 2.45) is 0 Å². The molecule has 0 fully saturated rings. The van der Waals surface area contributed by atoms with Crippen LogP contribution >= 0.6 is 34.8 Å². The zero-order chi connectivity index (χ0) is 15.1. The highest BCUT2D eigenvalue weighted by Crippen LogP contribution is 2.18. The van der Waals surface area contributed by atoms with Crippen molar-refractivity contribution < 1.29 is 5.11 Å². The molecule has 108 valence electrons. The molecule has 0 saturated heterocycles. The van der Waals surface area contributed by atoms with Crippen LogP contribution < -0.4 is 0 Å². The zero-order valence-electron chi connectivity index (χ0n) is 11.5. The number of rotatable bonds is 2. The van der Waals surface area contributed by atoms with Crippen molar-refractivity contribution in [2.45, 2.75) is 26.3 Å². The third-order valence-corrected chi connectivity index (χ3v) is 3.72. The van der Waals surface area contributed by atoms with Gasteiger partial charge in [0.2, 0.25) is 0 Å². The van der Waals surface area contributed by atoms with Gasteiger partial charge in [0.15, 0.2) is 0 Å². The van der Waals surface area contributed by atoms with E-state index in [0.717, 1.165) is 21.7 Å². The van der Waals surface area contributed by atoms with E-state index in [9.17, 15) is 0 Å². The maximum Gasteiger partial charge on any atom is 0.0696 e. The Morgan fingerprint density at radius 1 is 0.850 bits per heavy atom. The number of aliphatic hydroxyl groups is 1. The summed E-state index contributed by atoms with van der Waals surface area (Å²) in [5.74, 6) is 0.485. The zero-order valence-corrected chi connectivity index (χ0v) is 13.7. The van der Waals surface area contributed by atoms with E-state index in [4.69, 9.17) is 39.9 Å². The van der Waals surface area contributed by atoms with E-state index < -0.39 is 0 Å². The summed E-state index contributed by atoms with van der Waals surface area (Å²) in [6.45, 7) is 3.98. The van der Waals surface area contributed by atoms with Gasteiger partial charge in [0.25, 0.3) is 0 Å². The van der Waals surface area contributed by atoms with E-state index in [0.29, 0.717) is 10.9 Å². The summed E-state index contributed by atoms with van der Waals surface area (Å²) >= 11 is 17.2. The van der Waals surface area contributed by atoms with E-state index in [1.165, 1.54) is 5.56 Å². The average Bonchev–Trinajstić information content (AvgIpc) is 2.40. The molecule has 0 amide bonds. The van der Waals surface area contributed by atoms with Crippen LogP contribution in [0.2, 0.25) is 10.0 Å². The fraction of sp³-hybridized carbons (Fsp3) is 0.250. The minimum atomic E-state index is 0.0130. The van der Waals surface area contributed by atoms with Gasteiger partial charge in [-0.3, -0.25) is 0 Å². The van der Waals surface area contributed by atoms with Gasteiger partial charge in [-0.1, -0.05) is 47.5 Å². The molecule has 1 N–H and O–H groups in total. The highest BCUT2D eigenvalue weighted by atomic mass is 35.5. The smallest absolute Gasteiger partial charge is 0.0696 e. The van der Waals surface area contributed by atoms with Crippen molar-refractivity contribution in [2.75, 3.05) is 0 Å². The molecular weight excluding hydrogens is 315 g/mol. The lowest BCUT2D eigenvalue weighted by molar-refractivity contribution is 0.282. The molecule has 4 heteroatoms. The number of benzene rings is 2. The van der Waals surface area contributed by atoms with Crippen LogP contribution in [0.15, 0.2) is 36.4 Å². The van der Waals surface area contributed by atoms with E-state index >= 15 is 0 Å². The molecule has 2 rings (SSSR count). The Hall–Kier alpha value is -0.730. The fourth-order valence-corrected chi connectivity index (χ4v) is 2.44. The largest absolute Gasteiger partial charge is 0.392 e. The monoisotopic (exact) mass is 330 g/mol. The molecule has 0 bridgehead atoms. The van der Waals surface area contributed by atoms with Crippen molar-refractivity contribution in [1.82, 2.24) is 0 Å². The Morgan fingerprint density at radius 2 is 1.30 bits per heavy atom. The lowest BCUT2D eigenvalue weighted by Crippen LogP contribution is -1.84. The molecule has 0 aliphatic carbocycles. The molecule has 0 heterocycles. The molecule has 0 atom stereocenters. The van der Waals surface area contributed by atoms with Crippen LogP contribution in [-0.2, 0) is 12.5 Å². The van der Waals surface area contributed by atoms with Gasteiger partial charge in [-0.2, -0.15) is 0 Å². The Morgan fingerprint density at radius 3 is 1.65 bits per heavy atom. The lowest BCUT2D eigenvalue weighted by atomic mass is 10.2. The van der Waals surface area contributed by atoms with Crippen molar-refractivity contribution >= 4 is 34.8 Å². The summed E-state index contributed by atoms with van der Waals surface area (Å²) in [5, 5.41) is 10.1. The minimum Gasteiger partial charge on any atom is -0.392 e. The van der Waals surface area contributed by atoms with Crippen molar-refractivity contribution in [1.29, 1.82) is 0 Å². The second-order valence-electron chi connectivity index (χ2n) is 4.48. The third kappa shape index (κ3) is 5.34. The number of alkyl halides is 1. The first kappa shape index (κ1) is 17.3. The topological polar surface area (TPSA) is 20.2 Å². The number of hydrogen-bond donors (Lipinski definition) is 1. The molecule has 0 aromatic heterocycles. The van der Waals surface area contributed by atoms with E-state index in [-0.39, 0.29) is 6.61 Å². The Labute approximate surface area is 135 Å². The van der Waals surface area contributed by atoms with Crippen LogP contribution in [0.4, 0.5) is 0 Å². The van der Waals surface area contributed by atoms with Crippen LogP contribution in [0.3, 0.4) is 0 Å². The summed E-state index contributed by atoms with van der Waals surface area (Å²) in [6.07, 6.45) is 0. The maximum atomic E-state index is 8.72. The van der Waals surface area contributed by atoms with Gasteiger partial charge in [-0.25, -0.2) is 0 Å². The molecular formula is C16H17Cl3O. The standard InChI is InChI=1S/C8H8Cl2.C8H9ClO/c1-6-2-3-7(5-9)8(10)4-6;1-6-2-3-7(5-10)8(9)4-6/h2-4H,5H2,1H3;2-4,10H,5H2,1H3. The quantitative estimate of drug-likeness (QED) is 0.718. The Bertz CT molecular complexity index is 516. The van der Waals surface area contributed by atoms with Crippen LogP contribution in [0, 0.1) is 13.8 Å². The molecule has 2 aromatic rings. The SMILES string of the molecule is Cc1ccc(CCl)c(Cl)c1.Cc1ccc(CO)c(Cl)c1. The van der Waals surface area contributed by atoms with Crippen LogP contribution in [-0.4, -0.2) is 5.11 Å². The Balaban J connectivity index is 0.000000200. The third-order valence-electron chi connectivity index (χ3n) is 2.73. The summed E-state index contributed by atoms with van der Waals surface area (Å²) in [5.41, 5.74) is 4.06. The second kappa shape index (κ2) is 8.53. The molecule has 0 aliphatic heterocycles. The van der Waals surface area contributed by atoms with Gasteiger partial charge in [0.1, 0.15) is 0 Å².